The average Bonchev–Trinajstić information content (AvgIpc) is 2.75. The molecule has 0 aliphatic carbocycles. The van der Waals surface area contributed by atoms with Crippen molar-refractivity contribution in [1.82, 2.24) is 9.97 Å². The van der Waals surface area contributed by atoms with Crippen LogP contribution in [0.3, 0.4) is 0 Å². The standard InChI is InChI=1S/C28H36F4N2Si2/c1-27(2,3)35(7,8)24-23(17-11-13-19(29)21(31)15-17)33-25(18-12-14-20(30)22(32)16-18)34-26(24)36(9,10)28(4,5)6/h11-16H,1-10H3. The third-order valence-electron chi connectivity index (χ3n) is 8.25. The van der Waals surface area contributed by atoms with Crippen molar-refractivity contribution in [3.63, 3.8) is 0 Å². The Hall–Kier alpha value is -2.33. The number of halogens is 4. The summed E-state index contributed by atoms with van der Waals surface area (Å²) in [7, 11) is -4.70. The molecular weight excluding hydrogens is 496 g/mol. The van der Waals surface area contributed by atoms with Crippen LogP contribution in [0.4, 0.5) is 17.6 Å². The van der Waals surface area contributed by atoms with E-state index >= 15 is 0 Å². The molecule has 0 aliphatic rings. The van der Waals surface area contributed by atoms with Gasteiger partial charge in [-0.15, -0.1) is 0 Å². The van der Waals surface area contributed by atoms with Crippen LogP contribution in [0.5, 0.6) is 0 Å². The van der Waals surface area contributed by atoms with Gasteiger partial charge >= 0.3 is 0 Å². The molecule has 0 fully saturated rings. The van der Waals surface area contributed by atoms with E-state index in [-0.39, 0.29) is 15.9 Å². The van der Waals surface area contributed by atoms with Crippen LogP contribution in [0.25, 0.3) is 22.6 Å². The zero-order valence-electron chi connectivity index (χ0n) is 22.9. The molecule has 0 N–H and O–H groups in total. The summed E-state index contributed by atoms with van der Waals surface area (Å²) in [6.45, 7) is 22.1. The Morgan fingerprint density at radius 2 is 1.03 bits per heavy atom. The minimum atomic E-state index is -2.36. The molecule has 36 heavy (non-hydrogen) atoms. The van der Waals surface area contributed by atoms with Crippen LogP contribution in [0, 0.1) is 23.3 Å². The van der Waals surface area contributed by atoms with E-state index in [1.54, 1.807) is 0 Å². The maximum Gasteiger partial charge on any atom is 0.159 e. The zero-order valence-corrected chi connectivity index (χ0v) is 24.9. The summed E-state index contributed by atoms with van der Waals surface area (Å²) in [5.74, 6) is -3.60. The van der Waals surface area contributed by atoms with Crippen molar-refractivity contribution in [2.45, 2.75) is 77.8 Å². The second-order valence-corrected chi connectivity index (χ2v) is 23.1. The monoisotopic (exact) mass is 532 g/mol. The van der Waals surface area contributed by atoms with Crippen molar-refractivity contribution in [3.05, 3.63) is 59.7 Å². The van der Waals surface area contributed by atoms with Crippen molar-refractivity contribution in [1.29, 1.82) is 0 Å². The van der Waals surface area contributed by atoms with Gasteiger partial charge in [0.25, 0.3) is 0 Å². The van der Waals surface area contributed by atoms with Gasteiger partial charge < -0.3 is 0 Å². The fourth-order valence-electron chi connectivity index (χ4n) is 3.85. The van der Waals surface area contributed by atoms with Crippen LogP contribution in [0.2, 0.25) is 36.3 Å². The van der Waals surface area contributed by atoms with Crippen molar-refractivity contribution in [2.75, 3.05) is 0 Å². The van der Waals surface area contributed by atoms with Crippen molar-refractivity contribution < 1.29 is 17.6 Å². The van der Waals surface area contributed by atoms with Crippen LogP contribution in [0.1, 0.15) is 41.5 Å². The number of hydrogen-bond acceptors (Lipinski definition) is 2. The van der Waals surface area contributed by atoms with E-state index in [4.69, 9.17) is 9.97 Å². The number of aromatic nitrogens is 2. The van der Waals surface area contributed by atoms with Gasteiger partial charge in [0.05, 0.1) is 13.8 Å². The molecule has 0 amide bonds. The van der Waals surface area contributed by atoms with E-state index < -0.39 is 39.4 Å². The summed E-state index contributed by atoms with van der Waals surface area (Å²) in [5, 5.41) is 1.73. The van der Waals surface area contributed by atoms with E-state index in [0.29, 0.717) is 16.8 Å². The molecule has 0 atom stereocenters. The SMILES string of the molecule is CC(C)(C)[Si](C)(C)c1nc(-c2ccc(F)c(F)c2)nc(-c2ccc(F)c(F)c2)c1[Si](C)(C)C(C)(C)C. The molecule has 8 heteroatoms. The summed E-state index contributed by atoms with van der Waals surface area (Å²) in [4.78, 5) is 9.94. The summed E-state index contributed by atoms with van der Waals surface area (Å²) < 4.78 is 56.4. The number of benzene rings is 2. The summed E-state index contributed by atoms with van der Waals surface area (Å²) in [6, 6.07) is 7.39. The third kappa shape index (κ3) is 4.94. The Morgan fingerprint density at radius 1 is 0.583 bits per heavy atom. The van der Waals surface area contributed by atoms with Gasteiger partial charge in [-0.05, 0) is 51.7 Å². The second kappa shape index (κ2) is 9.21. The summed E-state index contributed by atoms with van der Waals surface area (Å²) in [6.07, 6.45) is 0. The lowest BCUT2D eigenvalue weighted by Crippen LogP contribution is -2.66. The Balaban J connectivity index is 2.57. The van der Waals surface area contributed by atoms with Crippen molar-refractivity contribution in [2.24, 2.45) is 0 Å². The normalized spacial score (nSPS) is 13.3. The predicted octanol–water partition coefficient (Wildman–Crippen LogP) is 7.80. The molecule has 3 rings (SSSR count). The first kappa shape index (κ1) is 28.2. The Labute approximate surface area is 214 Å². The van der Waals surface area contributed by atoms with Gasteiger partial charge in [0.15, 0.2) is 29.1 Å². The van der Waals surface area contributed by atoms with Gasteiger partial charge in [0.2, 0.25) is 0 Å². The van der Waals surface area contributed by atoms with Gasteiger partial charge in [0.1, 0.15) is 8.07 Å². The highest BCUT2D eigenvalue weighted by molar-refractivity contribution is 7.01. The number of nitrogens with zero attached hydrogens (tertiary/aromatic N) is 2. The van der Waals surface area contributed by atoms with Crippen LogP contribution in [-0.2, 0) is 0 Å². The third-order valence-corrected chi connectivity index (χ3v) is 19.3. The quantitative estimate of drug-likeness (QED) is 0.253. The topological polar surface area (TPSA) is 25.8 Å². The molecule has 0 spiro atoms. The molecule has 1 heterocycles. The highest BCUT2D eigenvalue weighted by Crippen LogP contribution is 2.40. The van der Waals surface area contributed by atoms with Gasteiger partial charge in [0, 0.05) is 16.4 Å². The maximum atomic E-state index is 14.5. The first-order valence-electron chi connectivity index (χ1n) is 12.1. The summed E-state index contributed by atoms with van der Waals surface area (Å²) >= 11 is 0. The van der Waals surface area contributed by atoms with E-state index in [9.17, 15) is 17.6 Å². The van der Waals surface area contributed by atoms with E-state index in [0.717, 1.165) is 28.7 Å². The second-order valence-electron chi connectivity index (χ2n) is 12.6. The first-order valence-corrected chi connectivity index (χ1v) is 18.1. The molecule has 194 valence electrons. The Kier molecular flexibility index (Phi) is 7.22. The molecule has 0 saturated carbocycles. The number of hydrogen-bond donors (Lipinski definition) is 0. The lowest BCUT2D eigenvalue weighted by molar-refractivity contribution is 0.509. The Bertz CT molecular complexity index is 1310. The molecule has 1 aromatic heterocycles. The highest BCUT2D eigenvalue weighted by Gasteiger charge is 2.48. The lowest BCUT2D eigenvalue weighted by atomic mass is 10.1. The van der Waals surface area contributed by atoms with Gasteiger partial charge in [-0.1, -0.05) is 67.7 Å². The van der Waals surface area contributed by atoms with E-state index in [1.165, 1.54) is 18.2 Å². The molecule has 0 aliphatic heterocycles. The summed E-state index contributed by atoms with van der Waals surface area (Å²) in [5.41, 5.74) is 1.31. The molecule has 3 aromatic rings. The van der Waals surface area contributed by atoms with E-state index in [2.05, 4.69) is 67.7 Å². The van der Waals surface area contributed by atoms with Crippen LogP contribution in [-0.4, -0.2) is 26.1 Å². The zero-order chi connectivity index (χ0) is 27.4. The smallest absolute Gasteiger partial charge is 0.159 e. The highest BCUT2D eigenvalue weighted by atomic mass is 28.3. The molecule has 0 saturated heterocycles. The molecule has 2 aromatic carbocycles. The Morgan fingerprint density at radius 3 is 1.47 bits per heavy atom. The van der Waals surface area contributed by atoms with Crippen LogP contribution in [0.15, 0.2) is 36.4 Å². The molecule has 2 nitrogen and oxygen atoms in total. The molecule has 0 bridgehead atoms. The van der Waals surface area contributed by atoms with Crippen LogP contribution < -0.4 is 10.5 Å². The van der Waals surface area contributed by atoms with Gasteiger partial charge in [-0.25, -0.2) is 27.5 Å². The van der Waals surface area contributed by atoms with Gasteiger partial charge in [-0.3, -0.25) is 0 Å². The van der Waals surface area contributed by atoms with Crippen molar-refractivity contribution >= 4 is 26.7 Å². The van der Waals surface area contributed by atoms with Crippen LogP contribution >= 0.6 is 0 Å². The minimum Gasteiger partial charge on any atom is -0.238 e. The van der Waals surface area contributed by atoms with Crippen molar-refractivity contribution in [3.8, 4) is 22.6 Å². The van der Waals surface area contributed by atoms with Gasteiger partial charge in [-0.2, -0.15) is 0 Å². The molecular formula is C28H36F4N2Si2. The fraction of sp³-hybridized carbons (Fsp3) is 0.429. The molecule has 0 unspecified atom stereocenters. The first-order chi connectivity index (χ1) is 16.3. The van der Waals surface area contributed by atoms with E-state index in [1.807, 2.05) is 0 Å². The fourth-order valence-corrected chi connectivity index (χ4v) is 9.76. The minimum absolute atomic E-state index is 0.102. The maximum absolute atomic E-state index is 14.5. The molecule has 0 radical (unpaired) electrons. The predicted molar refractivity (Wildman–Crippen MR) is 146 cm³/mol. The largest absolute Gasteiger partial charge is 0.238 e. The number of rotatable bonds is 4. The lowest BCUT2D eigenvalue weighted by Gasteiger charge is -2.44. The average molecular weight is 533 g/mol.